The smallest absolute Gasteiger partial charge is 0.341 e. The molecular weight excluding hydrogens is 404 g/mol. The van der Waals surface area contributed by atoms with Crippen LogP contribution in [0.15, 0.2) is 35.8 Å². The molecule has 3 aromatic rings. The van der Waals surface area contributed by atoms with Crippen LogP contribution in [0.4, 0.5) is 5.82 Å². The summed E-state index contributed by atoms with van der Waals surface area (Å²) in [5, 5.41) is 2.55. The average Bonchev–Trinajstić information content (AvgIpc) is 3.10. The molecule has 2 heterocycles. The molecule has 3 rings (SSSR count). The van der Waals surface area contributed by atoms with Gasteiger partial charge in [-0.2, -0.15) is 0 Å². The van der Waals surface area contributed by atoms with Gasteiger partial charge in [-0.1, -0.05) is 6.07 Å². The van der Waals surface area contributed by atoms with Crippen LogP contribution in [0.5, 0.6) is 5.75 Å². The quantitative estimate of drug-likeness (QED) is 0.573. The highest BCUT2D eigenvalue weighted by atomic mass is 32.1. The lowest BCUT2D eigenvalue weighted by atomic mass is 10.1. The second kappa shape index (κ2) is 8.71. The summed E-state index contributed by atoms with van der Waals surface area (Å²) in [6.45, 7) is 7.68. The van der Waals surface area contributed by atoms with Crippen molar-refractivity contribution in [3.8, 4) is 5.75 Å². The number of hydrogen-bond donors (Lipinski definition) is 1. The largest absolute Gasteiger partial charge is 0.489 e. The molecule has 2 N–H and O–H groups in total. The molecule has 7 nitrogen and oxygen atoms in total. The van der Waals surface area contributed by atoms with Crippen molar-refractivity contribution in [2.24, 2.45) is 0 Å². The number of benzene rings is 1. The maximum Gasteiger partial charge on any atom is 0.341 e. The van der Waals surface area contributed by atoms with Crippen LogP contribution in [0, 0.1) is 0 Å². The van der Waals surface area contributed by atoms with Crippen LogP contribution in [0.2, 0.25) is 0 Å². The Balaban J connectivity index is 1.81. The van der Waals surface area contributed by atoms with Crippen molar-refractivity contribution < 1.29 is 23.8 Å². The van der Waals surface area contributed by atoms with E-state index in [4.69, 9.17) is 19.9 Å². The predicted octanol–water partition coefficient (Wildman–Crippen LogP) is 4.59. The fraction of sp³-hybridized carbons (Fsp3) is 0.318. The minimum absolute atomic E-state index is 0.204. The molecule has 8 heteroatoms. The number of fused-ring (bicyclic) bond motifs is 1. The van der Waals surface area contributed by atoms with Crippen molar-refractivity contribution in [3.05, 3.63) is 52.5 Å². The summed E-state index contributed by atoms with van der Waals surface area (Å²) in [7, 11) is 0. The molecule has 0 aliphatic heterocycles. The number of carbonyl (C=O) groups excluding carboxylic acids is 2. The number of nitrogens with zero attached hydrogens (tertiary/aromatic N) is 1. The summed E-state index contributed by atoms with van der Waals surface area (Å²) >= 11 is 1.38. The molecular formula is C22H24N2O5S. The van der Waals surface area contributed by atoms with Gasteiger partial charge in [-0.05, 0) is 51.3 Å². The third-order valence-corrected chi connectivity index (χ3v) is 5.12. The lowest BCUT2D eigenvalue weighted by Gasteiger charge is -2.19. The summed E-state index contributed by atoms with van der Waals surface area (Å²) in [5.41, 5.74) is 7.07. The van der Waals surface area contributed by atoms with E-state index >= 15 is 0 Å². The van der Waals surface area contributed by atoms with E-state index in [0.29, 0.717) is 32.8 Å². The maximum atomic E-state index is 12.3. The Morgan fingerprint density at radius 2 is 1.97 bits per heavy atom. The van der Waals surface area contributed by atoms with Crippen LogP contribution in [-0.2, 0) is 16.1 Å². The zero-order valence-corrected chi connectivity index (χ0v) is 18.2. The minimum atomic E-state index is -0.579. The summed E-state index contributed by atoms with van der Waals surface area (Å²) in [6, 6.07) is 6.80. The number of aromatic nitrogens is 1. The number of pyridine rings is 1. The Morgan fingerprint density at radius 3 is 2.67 bits per heavy atom. The van der Waals surface area contributed by atoms with Gasteiger partial charge in [-0.15, -0.1) is 11.3 Å². The van der Waals surface area contributed by atoms with E-state index in [2.05, 4.69) is 4.98 Å². The second-order valence-corrected chi connectivity index (χ2v) is 8.44. The molecule has 2 aromatic heterocycles. The highest BCUT2D eigenvalue weighted by Gasteiger charge is 2.20. The van der Waals surface area contributed by atoms with E-state index < -0.39 is 17.5 Å². The van der Waals surface area contributed by atoms with Crippen molar-refractivity contribution in [3.63, 3.8) is 0 Å². The van der Waals surface area contributed by atoms with E-state index in [1.165, 1.54) is 17.5 Å². The Morgan fingerprint density at radius 1 is 1.20 bits per heavy atom. The van der Waals surface area contributed by atoms with Gasteiger partial charge in [0.25, 0.3) is 0 Å². The van der Waals surface area contributed by atoms with Gasteiger partial charge in [0.15, 0.2) is 0 Å². The normalized spacial score (nSPS) is 11.3. The van der Waals surface area contributed by atoms with Gasteiger partial charge in [-0.3, -0.25) is 0 Å². The summed E-state index contributed by atoms with van der Waals surface area (Å²) in [4.78, 5) is 28.6. The van der Waals surface area contributed by atoms with Gasteiger partial charge in [0, 0.05) is 17.1 Å². The monoisotopic (exact) mass is 428 g/mol. The lowest BCUT2D eigenvalue weighted by Crippen LogP contribution is -2.23. The number of nitrogens with two attached hydrogens (primary N) is 1. The molecule has 158 valence electrons. The van der Waals surface area contributed by atoms with Crippen LogP contribution in [0.1, 0.15) is 54.0 Å². The lowest BCUT2D eigenvalue weighted by molar-refractivity contribution is 0.00688. The van der Waals surface area contributed by atoms with Crippen LogP contribution in [0.3, 0.4) is 0 Å². The Labute approximate surface area is 178 Å². The molecule has 0 saturated heterocycles. The molecule has 0 saturated carbocycles. The molecule has 0 unspecified atom stereocenters. The van der Waals surface area contributed by atoms with Crippen molar-refractivity contribution in [2.75, 3.05) is 12.3 Å². The fourth-order valence-electron chi connectivity index (χ4n) is 2.80. The number of rotatable bonds is 6. The van der Waals surface area contributed by atoms with E-state index in [9.17, 15) is 9.59 Å². The van der Waals surface area contributed by atoms with Gasteiger partial charge in [0.2, 0.25) is 0 Å². The molecule has 0 bridgehead atoms. The first-order valence-corrected chi connectivity index (χ1v) is 10.4. The molecule has 0 fully saturated rings. The number of anilines is 1. The van der Waals surface area contributed by atoms with Gasteiger partial charge < -0.3 is 19.9 Å². The zero-order chi connectivity index (χ0) is 21.9. The predicted molar refractivity (Wildman–Crippen MR) is 116 cm³/mol. The van der Waals surface area contributed by atoms with E-state index in [1.807, 2.05) is 26.2 Å². The molecule has 1 aromatic carbocycles. The topological polar surface area (TPSA) is 101 Å². The molecule has 0 amide bonds. The fourth-order valence-corrected chi connectivity index (χ4v) is 3.86. The number of esters is 2. The summed E-state index contributed by atoms with van der Waals surface area (Å²) < 4.78 is 17.1. The van der Waals surface area contributed by atoms with Gasteiger partial charge in [0.1, 0.15) is 23.8 Å². The second-order valence-electron chi connectivity index (χ2n) is 7.56. The standard InChI is InChI=1S/C22H24N2O5S/c1-5-27-21(26)16-10-24-19(23)17-14(12-30-18(16)17)11-28-15-8-6-7-13(9-15)20(25)29-22(2,3)4/h6-10,12H,5,11H2,1-4H3,(H2,23,24). The molecule has 0 aliphatic carbocycles. The number of nitrogen functional groups attached to an aromatic ring is 1. The number of carbonyl (C=O) groups is 2. The van der Waals surface area contributed by atoms with Gasteiger partial charge >= 0.3 is 11.9 Å². The number of thiophene rings is 1. The van der Waals surface area contributed by atoms with Crippen LogP contribution in [0.25, 0.3) is 10.1 Å². The van der Waals surface area contributed by atoms with Gasteiger partial charge in [-0.25, -0.2) is 14.6 Å². The molecule has 0 spiro atoms. The first-order chi connectivity index (χ1) is 14.2. The maximum absolute atomic E-state index is 12.3. The van der Waals surface area contributed by atoms with Gasteiger partial charge in [0.05, 0.1) is 22.4 Å². The van der Waals surface area contributed by atoms with E-state index in [0.717, 1.165) is 5.56 Å². The van der Waals surface area contributed by atoms with E-state index in [1.54, 1.807) is 31.2 Å². The number of ether oxygens (including phenoxy) is 3. The first kappa shape index (κ1) is 21.6. The minimum Gasteiger partial charge on any atom is -0.489 e. The summed E-state index contributed by atoms with van der Waals surface area (Å²) in [6.07, 6.45) is 1.43. The Kier molecular flexibility index (Phi) is 6.26. The molecule has 0 atom stereocenters. The Bertz CT molecular complexity index is 1080. The SMILES string of the molecule is CCOC(=O)c1cnc(N)c2c(COc3cccc(C(=O)OC(C)(C)C)c3)csc12. The van der Waals surface area contributed by atoms with E-state index in [-0.39, 0.29) is 13.2 Å². The van der Waals surface area contributed by atoms with Crippen molar-refractivity contribution >= 4 is 39.2 Å². The van der Waals surface area contributed by atoms with Crippen LogP contribution < -0.4 is 10.5 Å². The first-order valence-electron chi connectivity index (χ1n) is 9.47. The zero-order valence-electron chi connectivity index (χ0n) is 17.4. The average molecular weight is 429 g/mol. The van der Waals surface area contributed by atoms with Crippen molar-refractivity contribution in [1.29, 1.82) is 0 Å². The molecule has 0 aliphatic rings. The highest BCUT2D eigenvalue weighted by molar-refractivity contribution is 7.17. The highest BCUT2D eigenvalue weighted by Crippen LogP contribution is 2.33. The molecule has 30 heavy (non-hydrogen) atoms. The molecule has 0 radical (unpaired) electrons. The Hall–Kier alpha value is -3.13. The summed E-state index contributed by atoms with van der Waals surface area (Å²) in [5.74, 6) is -0.0120. The van der Waals surface area contributed by atoms with Crippen molar-refractivity contribution in [1.82, 2.24) is 4.98 Å². The van der Waals surface area contributed by atoms with Crippen LogP contribution >= 0.6 is 11.3 Å². The third kappa shape index (κ3) is 4.88. The third-order valence-electron chi connectivity index (χ3n) is 4.06. The van der Waals surface area contributed by atoms with Crippen molar-refractivity contribution in [2.45, 2.75) is 39.9 Å². The van der Waals surface area contributed by atoms with Crippen LogP contribution in [-0.4, -0.2) is 29.1 Å². The number of hydrogen-bond acceptors (Lipinski definition) is 8.